The summed E-state index contributed by atoms with van der Waals surface area (Å²) in [6.07, 6.45) is 2.01. The minimum atomic E-state index is -0.0124. The maximum Gasteiger partial charge on any atom is 0.263 e. The van der Waals surface area contributed by atoms with Gasteiger partial charge in [0.05, 0.1) is 17.9 Å². The average Bonchev–Trinajstić information content (AvgIpc) is 3.10. The molecule has 0 aliphatic carbocycles. The summed E-state index contributed by atoms with van der Waals surface area (Å²) in [5, 5.41) is 2.13. The van der Waals surface area contributed by atoms with Crippen molar-refractivity contribution in [2.45, 2.75) is 13.8 Å². The number of fused-ring (bicyclic) bond motifs is 2. The van der Waals surface area contributed by atoms with Crippen LogP contribution in [0.15, 0.2) is 91.0 Å². The van der Waals surface area contributed by atoms with Gasteiger partial charge in [-0.05, 0) is 47.2 Å². The van der Waals surface area contributed by atoms with Crippen LogP contribution in [0.3, 0.4) is 0 Å². The number of benzene rings is 4. The molecule has 0 atom stereocenters. The summed E-state index contributed by atoms with van der Waals surface area (Å²) in [5.41, 5.74) is 4.44. The van der Waals surface area contributed by atoms with Crippen LogP contribution < -0.4 is 9.64 Å². The molecular weight excluding hydrogens is 394 g/mol. The number of carbonyl (C=O) groups excluding carboxylic acids is 1. The summed E-state index contributed by atoms with van der Waals surface area (Å²) in [4.78, 5) is 15.4. The maximum atomic E-state index is 13.6. The molecule has 0 N–H and O–H groups in total. The first-order valence-corrected chi connectivity index (χ1v) is 11.0. The predicted octanol–water partition coefficient (Wildman–Crippen LogP) is 7.09. The van der Waals surface area contributed by atoms with E-state index in [1.165, 1.54) is 0 Å². The van der Waals surface area contributed by atoms with Gasteiger partial charge in [-0.1, -0.05) is 80.6 Å². The van der Waals surface area contributed by atoms with E-state index in [4.69, 9.17) is 4.74 Å². The third kappa shape index (κ3) is 3.56. The van der Waals surface area contributed by atoms with Crippen LogP contribution in [0.25, 0.3) is 22.4 Å². The highest BCUT2D eigenvalue weighted by atomic mass is 16.5. The van der Waals surface area contributed by atoms with Gasteiger partial charge in [0.1, 0.15) is 5.75 Å². The largest absolute Gasteiger partial charge is 0.493 e. The van der Waals surface area contributed by atoms with Gasteiger partial charge in [-0.25, -0.2) is 0 Å². The second-order valence-corrected chi connectivity index (χ2v) is 8.45. The van der Waals surface area contributed by atoms with Gasteiger partial charge in [0.2, 0.25) is 0 Å². The molecule has 3 heteroatoms. The molecule has 0 spiro atoms. The minimum absolute atomic E-state index is 0.0124. The van der Waals surface area contributed by atoms with Gasteiger partial charge >= 0.3 is 0 Å². The normalized spacial score (nSPS) is 14.4. The fraction of sp³-hybridized carbons (Fsp3) is 0.138. The van der Waals surface area contributed by atoms with Gasteiger partial charge < -0.3 is 4.74 Å². The summed E-state index contributed by atoms with van der Waals surface area (Å²) < 4.78 is 6.06. The van der Waals surface area contributed by atoms with Crippen LogP contribution in [0.2, 0.25) is 0 Å². The quantitative estimate of drug-likeness (QED) is 0.323. The van der Waals surface area contributed by atoms with Crippen LogP contribution in [0.4, 0.5) is 11.4 Å². The van der Waals surface area contributed by atoms with E-state index in [0.29, 0.717) is 18.1 Å². The van der Waals surface area contributed by atoms with E-state index < -0.39 is 0 Å². The first-order chi connectivity index (χ1) is 15.6. The van der Waals surface area contributed by atoms with E-state index in [-0.39, 0.29) is 5.91 Å². The Hall–Kier alpha value is -3.85. The van der Waals surface area contributed by atoms with Crippen molar-refractivity contribution < 1.29 is 9.53 Å². The van der Waals surface area contributed by atoms with Crippen LogP contribution in [-0.2, 0) is 4.79 Å². The minimum Gasteiger partial charge on any atom is -0.493 e. The Bertz CT molecular complexity index is 1320. The molecule has 0 saturated heterocycles. The zero-order valence-corrected chi connectivity index (χ0v) is 18.3. The smallest absolute Gasteiger partial charge is 0.263 e. The topological polar surface area (TPSA) is 29.5 Å². The van der Waals surface area contributed by atoms with E-state index >= 15 is 0 Å². The fourth-order valence-corrected chi connectivity index (χ4v) is 4.17. The number of anilines is 2. The third-order valence-corrected chi connectivity index (χ3v) is 5.67. The number of hydrogen-bond acceptors (Lipinski definition) is 2. The second-order valence-electron chi connectivity index (χ2n) is 8.45. The number of hydrogen-bond donors (Lipinski definition) is 0. The SMILES string of the molecule is CC(C)COc1ccc(/C=C2/C(=O)N(c3ccccc3)c3ccccc32)c2ccccc12. The van der Waals surface area contributed by atoms with Gasteiger partial charge in [0, 0.05) is 16.6 Å². The molecule has 0 unspecified atom stereocenters. The molecule has 158 valence electrons. The van der Waals surface area contributed by atoms with Crippen LogP contribution in [-0.4, -0.2) is 12.5 Å². The molecule has 5 rings (SSSR count). The zero-order chi connectivity index (χ0) is 22.1. The Labute approximate surface area is 188 Å². The standard InChI is InChI=1S/C29H25NO2/c1-20(2)19-32-28-17-16-21(23-12-6-7-14-25(23)28)18-26-24-13-8-9-15-27(24)30(29(26)31)22-10-4-3-5-11-22/h3-18,20H,19H2,1-2H3/b26-18+. The number of rotatable bonds is 5. The van der Waals surface area contributed by atoms with Gasteiger partial charge in [-0.3, -0.25) is 9.69 Å². The van der Waals surface area contributed by atoms with Crippen molar-refractivity contribution in [1.82, 2.24) is 0 Å². The lowest BCUT2D eigenvalue weighted by Crippen LogP contribution is -2.20. The molecule has 4 aromatic rings. The Morgan fingerprint density at radius 3 is 2.28 bits per heavy atom. The predicted molar refractivity (Wildman–Crippen MR) is 132 cm³/mol. The summed E-state index contributed by atoms with van der Waals surface area (Å²) >= 11 is 0. The molecule has 1 aliphatic heterocycles. The van der Waals surface area contributed by atoms with Crippen molar-refractivity contribution in [3.8, 4) is 5.75 Å². The molecule has 3 nitrogen and oxygen atoms in total. The van der Waals surface area contributed by atoms with Crippen LogP contribution in [0, 0.1) is 5.92 Å². The summed E-state index contributed by atoms with van der Waals surface area (Å²) in [6.45, 7) is 4.95. The molecule has 1 amide bonds. The van der Waals surface area contributed by atoms with E-state index in [9.17, 15) is 4.79 Å². The van der Waals surface area contributed by atoms with Gasteiger partial charge in [0.25, 0.3) is 5.91 Å². The average molecular weight is 420 g/mol. The molecule has 0 bridgehead atoms. The number of para-hydroxylation sites is 2. The molecular formula is C29H25NO2. The summed E-state index contributed by atoms with van der Waals surface area (Å²) in [5.74, 6) is 1.31. The molecule has 1 aliphatic rings. The van der Waals surface area contributed by atoms with Crippen LogP contribution >= 0.6 is 0 Å². The fourth-order valence-electron chi connectivity index (χ4n) is 4.17. The first-order valence-electron chi connectivity index (χ1n) is 11.0. The van der Waals surface area contributed by atoms with Crippen molar-refractivity contribution in [3.63, 3.8) is 0 Å². The highest BCUT2D eigenvalue weighted by Crippen LogP contribution is 2.42. The van der Waals surface area contributed by atoms with E-state index in [2.05, 4.69) is 26.0 Å². The molecule has 4 aromatic carbocycles. The number of nitrogens with zero attached hydrogens (tertiary/aromatic N) is 1. The highest BCUT2D eigenvalue weighted by Gasteiger charge is 2.33. The van der Waals surface area contributed by atoms with E-state index in [1.807, 2.05) is 84.9 Å². The Morgan fingerprint density at radius 2 is 1.50 bits per heavy atom. The zero-order valence-electron chi connectivity index (χ0n) is 18.3. The van der Waals surface area contributed by atoms with E-state index in [1.54, 1.807) is 4.90 Å². The monoisotopic (exact) mass is 419 g/mol. The second kappa shape index (κ2) is 8.35. The van der Waals surface area contributed by atoms with E-state index in [0.717, 1.165) is 39.0 Å². The van der Waals surface area contributed by atoms with Crippen LogP contribution in [0.5, 0.6) is 5.75 Å². The maximum absolute atomic E-state index is 13.6. The molecule has 0 saturated carbocycles. The van der Waals surface area contributed by atoms with Gasteiger partial charge in [-0.2, -0.15) is 0 Å². The third-order valence-electron chi connectivity index (χ3n) is 5.67. The lowest BCUT2D eigenvalue weighted by molar-refractivity contribution is -0.112. The Balaban J connectivity index is 1.63. The Morgan fingerprint density at radius 1 is 0.812 bits per heavy atom. The lowest BCUT2D eigenvalue weighted by atomic mass is 9.99. The molecule has 1 heterocycles. The van der Waals surface area contributed by atoms with Gasteiger partial charge in [0.15, 0.2) is 0 Å². The number of carbonyl (C=O) groups is 1. The molecule has 32 heavy (non-hydrogen) atoms. The van der Waals surface area contributed by atoms with Crippen LogP contribution in [0.1, 0.15) is 25.0 Å². The van der Waals surface area contributed by atoms with Crippen molar-refractivity contribution >= 4 is 39.7 Å². The molecule has 0 aromatic heterocycles. The number of ether oxygens (including phenoxy) is 1. The van der Waals surface area contributed by atoms with Crippen molar-refractivity contribution in [1.29, 1.82) is 0 Å². The van der Waals surface area contributed by atoms with Crippen molar-refractivity contribution in [3.05, 3.63) is 102 Å². The summed E-state index contributed by atoms with van der Waals surface area (Å²) in [7, 11) is 0. The Kier molecular flexibility index (Phi) is 5.24. The van der Waals surface area contributed by atoms with Crippen molar-refractivity contribution in [2.75, 3.05) is 11.5 Å². The first kappa shape index (κ1) is 20.1. The van der Waals surface area contributed by atoms with Gasteiger partial charge in [-0.15, -0.1) is 0 Å². The van der Waals surface area contributed by atoms with Crippen molar-refractivity contribution in [2.24, 2.45) is 5.92 Å². The highest BCUT2D eigenvalue weighted by molar-refractivity contribution is 6.38. The molecule has 0 fully saturated rings. The number of amides is 1. The summed E-state index contributed by atoms with van der Waals surface area (Å²) in [6, 6.07) is 30.0. The lowest BCUT2D eigenvalue weighted by Gasteiger charge is -2.17. The molecule has 0 radical (unpaired) electrons.